The molecular weight excluding hydrogens is 413 g/mol. The summed E-state index contributed by atoms with van der Waals surface area (Å²) in [5, 5.41) is 0. The maximum Gasteiger partial charge on any atom is 0.266 e. The van der Waals surface area contributed by atoms with E-state index < -0.39 is 10.0 Å². The Kier molecular flexibility index (Phi) is 4.26. The number of sulfonamides is 1. The molecule has 120 valence electrons. The molecule has 6 heteroatoms. The summed E-state index contributed by atoms with van der Waals surface area (Å²) in [6.45, 7) is 2.25. The number of carbonyl (C=O) groups excluding carboxylic acids is 1. The molecule has 1 saturated heterocycles. The van der Waals surface area contributed by atoms with Crippen LogP contribution >= 0.6 is 22.6 Å². The second-order valence-electron chi connectivity index (χ2n) is 6.47. The monoisotopic (exact) mass is 433 g/mol. The van der Waals surface area contributed by atoms with Crippen LogP contribution in [0.25, 0.3) is 0 Å². The summed E-state index contributed by atoms with van der Waals surface area (Å²) in [4.78, 5) is 12.6. The standard InChI is InChI=1S/C16H20INO3S/c1-12-5-7-13(8-6-12)22(20,21)18-11-16(10-15(18)19)9-3-2-4-14(16)17/h5-8,14H,2-4,9-11H2,1H3/t14-,16+/m0/s1. The number of carbonyl (C=O) groups is 1. The van der Waals surface area contributed by atoms with E-state index in [0.717, 1.165) is 29.1 Å². The van der Waals surface area contributed by atoms with Gasteiger partial charge in [0, 0.05) is 22.3 Å². The molecule has 0 N–H and O–H groups in total. The maximum atomic E-state index is 12.8. The predicted molar refractivity (Wildman–Crippen MR) is 93.4 cm³/mol. The largest absolute Gasteiger partial charge is 0.274 e. The molecule has 1 saturated carbocycles. The van der Waals surface area contributed by atoms with Crippen LogP contribution in [0.5, 0.6) is 0 Å². The van der Waals surface area contributed by atoms with Crippen LogP contribution in [0.2, 0.25) is 0 Å². The fourth-order valence-electron chi connectivity index (χ4n) is 3.52. The van der Waals surface area contributed by atoms with Crippen molar-refractivity contribution in [2.24, 2.45) is 5.41 Å². The van der Waals surface area contributed by atoms with Crippen LogP contribution in [-0.2, 0) is 14.8 Å². The molecule has 4 nitrogen and oxygen atoms in total. The van der Waals surface area contributed by atoms with Crippen LogP contribution in [0, 0.1) is 12.3 Å². The Bertz CT molecular complexity index is 686. The van der Waals surface area contributed by atoms with Crippen molar-refractivity contribution in [2.75, 3.05) is 6.54 Å². The van der Waals surface area contributed by atoms with Gasteiger partial charge in [-0.1, -0.05) is 53.1 Å². The van der Waals surface area contributed by atoms with Gasteiger partial charge in [-0.2, -0.15) is 0 Å². The summed E-state index contributed by atoms with van der Waals surface area (Å²) in [5.74, 6) is -0.246. The molecule has 2 fully saturated rings. The lowest BCUT2D eigenvalue weighted by molar-refractivity contribution is -0.124. The molecule has 0 unspecified atom stereocenters. The molecule has 0 aromatic heterocycles. The van der Waals surface area contributed by atoms with Crippen molar-refractivity contribution in [1.82, 2.24) is 4.31 Å². The van der Waals surface area contributed by atoms with Gasteiger partial charge in [-0.3, -0.25) is 4.79 Å². The number of aryl methyl sites for hydroxylation is 1. The van der Waals surface area contributed by atoms with E-state index in [9.17, 15) is 13.2 Å². The first kappa shape index (κ1) is 16.2. The first-order chi connectivity index (χ1) is 10.3. The van der Waals surface area contributed by atoms with Gasteiger partial charge in [-0.15, -0.1) is 0 Å². The van der Waals surface area contributed by atoms with Crippen LogP contribution in [0.15, 0.2) is 29.2 Å². The first-order valence-corrected chi connectivity index (χ1v) is 10.3. The van der Waals surface area contributed by atoms with Crippen LogP contribution < -0.4 is 0 Å². The van der Waals surface area contributed by atoms with Gasteiger partial charge in [0.15, 0.2) is 0 Å². The van der Waals surface area contributed by atoms with Gasteiger partial charge in [-0.25, -0.2) is 12.7 Å². The fraction of sp³-hybridized carbons (Fsp3) is 0.562. The fourth-order valence-corrected chi connectivity index (χ4v) is 6.18. The minimum atomic E-state index is -3.72. The summed E-state index contributed by atoms with van der Waals surface area (Å²) >= 11 is 2.41. The third-order valence-electron chi connectivity index (χ3n) is 4.90. The Balaban J connectivity index is 1.91. The van der Waals surface area contributed by atoms with Crippen molar-refractivity contribution in [2.45, 2.75) is 47.8 Å². The Labute approximate surface area is 145 Å². The Morgan fingerprint density at radius 1 is 1.23 bits per heavy atom. The smallest absolute Gasteiger partial charge is 0.266 e. The van der Waals surface area contributed by atoms with E-state index in [0.29, 0.717) is 16.9 Å². The van der Waals surface area contributed by atoms with E-state index >= 15 is 0 Å². The number of rotatable bonds is 2. The molecule has 1 spiro atoms. The van der Waals surface area contributed by atoms with Crippen molar-refractivity contribution >= 4 is 38.5 Å². The van der Waals surface area contributed by atoms with Crippen molar-refractivity contribution in [3.05, 3.63) is 29.8 Å². The molecule has 1 heterocycles. The molecule has 2 aliphatic rings. The zero-order valence-corrected chi connectivity index (χ0v) is 15.6. The average molecular weight is 433 g/mol. The van der Waals surface area contributed by atoms with Crippen LogP contribution in [0.3, 0.4) is 0 Å². The maximum absolute atomic E-state index is 12.8. The van der Waals surface area contributed by atoms with Crippen molar-refractivity contribution in [3.63, 3.8) is 0 Å². The highest BCUT2D eigenvalue weighted by Crippen LogP contribution is 2.49. The molecule has 1 aromatic rings. The molecule has 22 heavy (non-hydrogen) atoms. The second-order valence-corrected chi connectivity index (χ2v) is 9.84. The molecule has 3 rings (SSSR count). The minimum Gasteiger partial charge on any atom is -0.274 e. The summed E-state index contributed by atoms with van der Waals surface area (Å²) in [5.41, 5.74) is 0.844. The summed E-state index contributed by atoms with van der Waals surface area (Å²) < 4.78 is 27.1. The number of hydrogen-bond donors (Lipinski definition) is 0. The first-order valence-electron chi connectivity index (χ1n) is 7.61. The summed E-state index contributed by atoms with van der Waals surface area (Å²) in [7, 11) is -3.72. The molecule has 2 atom stereocenters. The molecule has 1 aliphatic carbocycles. The van der Waals surface area contributed by atoms with Gasteiger partial charge in [0.25, 0.3) is 10.0 Å². The van der Waals surface area contributed by atoms with Crippen molar-refractivity contribution < 1.29 is 13.2 Å². The Morgan fingerprint density at radius 3 is 2.55 bits per heavy atom. The van der Waals surface area contributed by atoms with E-state index in [-0.39, 0.29) is 16.2 Å². The zero-order valence-electron chi connectivity index (χ0n) is 12.6. The third kappa shape index (κ3) is 2.68. The lowest BCUT2D eigenvalue weighted by Gasteiger charge is -2.37. The van der Waals surface area contributed by atoms with E-state index in [1.54, 1.807) is 24.3 Å². The highest BCUT2D eigenvalue weighted by Gasteiger charge is 2.51. The van der Waals surface area contributed by atoms with E-state index in [1.807, 2.05) is 6.92 Å². The predicted octanol–water partition coefficient (Wildman–Crippen LogP) is 3.28. The van der Waals surface area contributed by atoms with Crippen LogP contribution in [0.1, 0.15) is 37.7 Å². The average Bonchev–Trinajstić information content (AvgIpc) is 2.81. The number of benzene rings is 1. The van der Waals surface area contributed by atoms with Crippen molar-refractivity contribution in [1.29, 1.82) is 0 Å². The van der Waals surface area contributed by atoms with E-state index in [1.165, 1.54) is 6.42 Å². The molecule has 0 radical (unpaired) electrons. The highest BCUT2D eigenvalue weighted by molar-refractivity contribution is 14.1. The highest BCUT2D eigenvalue weighted by atomic mass is 127. The number of halogens is 1. The lowest BCUT2D eigenvalue weighted by atomic mass is 9.73. The van der Waals surface area contributed by atoms with Gasteiger partial charge in [0.2, 0.25) is 5.91 Å². The third-order valence-corrected chi connectivity index (χ3v) is 8.62. The number of nitrogens with zero attached hydrogens (tertiary/aromatic N) is 1. The normalized spacial score (nSPS) is 29.3. The quantitative estimate of drug-likeness (QED) is 0.532. The topological polar surface area (TPSA) is 54.5 Å². The molecular formula is C16H20INO3S. The number of hydrogen-bond acceptors (Lipinski definition) is 3. The van der Waals surface area contributed by atoms with Gasteiger partial charge >= 0.3 is 0 Å². The van der Waals surface area contributed by atoms with Crippen LogP contribution in [-0.4, -0.2) is 29.1 Å². The molecule has 1 aromatic carbocycles. The van der Waals surface area contributed by atoms with Gasteiger partial charge in [-0.05, 0) is 31.9 Å². The van der Waals surface area contributed by atoms with Gasteiger partial charge in [0.05, 0.1) is 4.90 Å². The van der Waals surface area contributed by atoms with Gasteiger partial charge in [0.1, 0.15) is 0 Å². The van der Waals surface area contributed by atoms with Gasteiger partial charge < -0.3 is 0 Å². The van der Waals surface area contributed by atoms with Crippen molar-refractivity contribution in [3.8, 4) is 0 Å². The SMILES string of the molecule is Cc1ccc(S(=O)(=O)N2C[C@@]3(CCCC[C@@H]3I)CC2=O)cc1. The zero-order chi connectivity index (χ0) is 16.0. The minimum absolute atomic E-state index is 0.159. The number of alkyl halides is 1. The van der Waals surface area contributed by atoms with E-state index in [4.69, 9.17) is 0 Å². The molecule has 0 bridgehead atoms. The summed E-state index contributed by atoms with van der Waals surface area (Å²) in [6.07, 6.45) is 4.66. The molecule has 1 amide bonds. The van der Waals surface area contributed by atoms with E-state index in [2.05, 4.69) is 22.6 Å². The summed E-state index contributed by atoms with van der Waals surface area (Å²) in [6, 6.07) is 6.71. The number of amides is 1. The van der Waals surface area contributed by atoms with Crippen LogP contribution in [0.4, 0.5) is 0 Å². The Morgan fingerprint density at radius 2 is 1.91 bits per heavy atom. The lowest BCUT2D eigenvalue weighted by Crippen LogP contribution is -2.39. The molecule has 1 aliphatic heterocycles. The Hall–Kier alpha value is -0.630. The second kappa shape index (κ2) is 5.78.